The second-order valence-electron chi connectivity index (χ2n) is 1.84. The molecule has 0 aliphatic carbocycles. The zero-order valence-corrected chi connectivity index (χ0v) is 6.47. The summed E-state index contributed by atoms with van der Waals surface area (Å²) in [5.74, 6) is -0.975. The first kappa shape index (κ1) is 11.3. The number of hydrogen-bond donors (Lipinski definition) is 3. The van der Waals surface area contributed by atoms with E-state index >= 15 is 0 Å². The summed E-state index contributed by atoms with van der Waals surface area (Å²) in [6, 6.07) is 0. The highest BCUT2D eigenvalue weighted by Crippen LogP contribution is 1.90. The Bertz CT molecular complexity index is 125. The van der Waals surface area contributed by atoms with Gasteiger partial charge in [-0.05, 0) is 0 Å². The summed E-state index contributed by atoms with van der Waals surface area (Å²) >= 11 is 0. The lowest BCUT2D eigenvalue weighted by atomic mass is 10.6. The second-order valence-corrected chi connectivity index (χ2v) is 1.84. The van der Waals surface area contributed by atoms with Gasteiger partial charge in [0.25, 0.3) is 6.29 Å². The van der Waals surface area contributed by atoms with E-state index < -0.39 is 12.3 Å². The van der Waals surface area contributed by atoms with E-state index in [2.05, 4.69) is 9.47 Å². The first-order valence-corrected chi connectivity index (χ1v) is 3.40. The van der Waals surface area contributed by atoms with E-state index in [9.17, 15) is 4.79 Å². The van der Waals surface area contributed by atoms with Crippen molar-refractivity contribution in [1.29, 1.82) is 0 Å². The third-order valence-electron chi connectivity index (χ3n) is 0.904. The molecule has 72 valence electrons. The average molecular weight is 180 g/mol. The van der Waals surface area contributed by atoms with Crippen LogP contribution in [0.1, 0.15) is 0 Å². The van der Waals surface area contributed by atoms with Gasteiger partial charge in [-0.2, -0.15) is 0 Å². The standard InChI is InChI=1S/C6H12O6/c7-1-3-11-5(9)6(10)12-4-2-8/h5,7-9H,1-4H2. The van der Waals surface area contributed by atoms with Crippen molar-refractivity contribution >= 4 is 5.97 Å². The third-order valence-corrected chi connectivity index (χ3v) is 0.904. The smallest absolute Gasteiger partial charge is 0.363 e. The number of esters is 1. The fourth-order valence-electron chi connectivity index (χ4n) is 0.450. The summed E-state index contributed by atoms with van der Waals surface area (Å²) in [7, 11) is 0. The van der Waals surface area contributed by atoms with Crippen LogP contribution in [0, 0.1) is 0 Å². The van der Waals surface area contributed by atoms with Gasteiger partial charge in [-0.1, -0.05) is 0 Å². The molecule has 0 heterocycles. The number of aliphatic hydroxyl groups is 3. The van der Waals surface area contributed by atoms with Crippen LogP contribution < -0.4 is 0 Å². The minimum absolute atomic E-state index is 0.143. The van der Waals surface area contributed by atoms with Crippen molar-refractivity contribution < 1.29 is 29.6 Å². The van der Waals surface area contributed by atoms with Crippen LogP contribution in [0.25, 0.3) is 0 Å². The predicted octanol–water partition coefficient (Wildman–Crippen LogP) is -2.15. The van der Waals surface area contributed by atoms with E-state index in [1.54, 1.807) is 0 Å². The zero-order chi connectivity index (χ0) is 9.40. The molecule has 12 heavy (non-hydrogen) atoms. The van der Waals surface area contributed by atoms with E-state index in [-0.39, 0.29) is 26.4 Å². The minimum atomic E-state index is -1.69. The Morgan fingerprint density at radius 3 is 2.33 bits per heavy atom. The molecule has 0 aliphatic heterocycles. The molecule has 0 fully saturated rings. The van der Waals surface area contributed by atoms with E-state index in [1.807, 2.05) is 0 Å². The van der Waals surface area contributed by atoms with Crippen LogP contribution in [0.5, 0.6) is 0 Å². The van der Waals surface area contributed by atoms with Gasteiger partial charge in [0, 0.05) is 0 Å². The number of aliphatic hydroxyl groups excluding tert-OH is 3. The van der Waals surface area contributed by atoms with Gasteiger partial charge in [0.1, 0.15) is 6.61 Å². The Morgan fingerprint density at radius 1 is 1.25 bits per heavy atom. The largest absolute Gasteiger partial charge is 0.459 e. The molecule has 0 aromatic carbocycles. The normalized spacial score (nSPS) is 12.6. The van der Waals surface area contributed by atoms with E-state index in [1.165, 1.54) is 0 Å². The Balaban J connectivity index is 3.47. The van der Waals surface area contributed by atoms with Crippen molar-refractivity contribution in [3.05, 3.63) is 0 Å². The van der Waals surface area contributed by atoms with Crippen molar-refractivity contribution in [3.63, 3.8) is 0 Å². The van der Waals surface area contributed by atoms with Crippen molar-refractivity contribution in [2.75, 3.05) is 26.4 Å². The Kier molecular flexibility index (Phi) is 6.58. The summed E-state index contributed by atoms with van der Waals surface area (Å²) in [4.78, 5) is 10.6. The molecule has 0 rings (SSSR count). The van der Waals surface area contributed by atoms with Gasteiger partial charge in [-0.15, -0.1) is 0 Å². The molecule has 6 heteroatoms. The summed E-state index contributed by atoms with van der Waals surface area (Å²) in [5.41, 5.74) is 0. The molecule has 3 N–H and O–H groups in total. The first-order valence-electron chi connectivity index (χ1n) is 3.40. The highest BCUT2D eigenvalue weighted by Gasteiger charge is 2.16. The summed E-state index contributed by atoms with van der Waals surface area (Å²) in [6.45, 7) is -0.920. The van der Waals surface area contributed by atoms with Crippen molar-refractivity contribution in [1.82, 2.24) is 0 Å². The maximum absolute atomic E-state index is 10.6. The van der Waals surface area contributed by atoms with E-state index in [0.717, 1.165) is 0 Å². The lowest BCUT2D eigenvalue weighted by molar-refractivity contribution is -0.184. The Hall–Kier alpha value is -0.690. The molecule has 6 nitrogen and oxygen atoms in total. The van der Waals surface area contributed by atoms with E-state index in [0.29, 0.717) is 0 Å². The molecule has 0 saturated carbocycles. The fraction of sp³-hybridized carbons (Fsp3) is 0.833. The Labute approximate surface area is 69.3 Å². The number of carbonyl (C=O) groups excluding carboxylic acids is 1. The number of hydrogen-bond acceptors (Lipinski definition) is 6. The average Bonchev–Trinajstić information content (AvgIpc) is 2.10. The maximum Gasteiger partial charge on any atom is 0.363 e. The molecule has 0 saturated heterocycles. The lowest BCUT2D eigenvalue weighted by Crippen LogP contribution is -2.28. The maximum atomic E-state index is 10.6. The summed E-state index contributed by atoms with van der Waals surface area (Å²) in [6.07, 6.45) is -1.69. The summed E-state index contributed by atoms with van der Waals surface area (Å²) < 4.78 is 8.70. The van der Waals surface area contributed by atoms with Gasteiger partial charge in [-0.25, -0.2) is 4.79 Å². The third kappa shape index (κ3) is 5.03. The minimum Gasteiger partial charge on any atom is -0.459 e. The molecular formula is C6H12O6. The van der Waals surface area contributed by atoms with E-state index in [4.69, 9.17) is 15.3 Å². The molecule has 0 radical (unpaired) electrons. The number of rotatable bonds is 6. The molecule has 1 unspecified atom stereocenters. The molecule has 0 amide bonds. The fourth-order valence-corrected chi connectivity index (χ4v) is 0.450. The Morgan fingerprint density at radius 2 is 1.83 bits per heavy atom. The SMILES string of the molecule is O=C(OCCO)C(O)OCCO. The van der Waals surface area contributed by atoms with Gasteiger partial charge in [0.2, 0.25) is 0 Å². The lowest BCUT2D eigenvalue weighted by Gasteiger charge is -2.09. The van der Waals surface area contributed by atoms with Crippen LogP contribution in [0.3, 0.4) is 0 Å². The van der Waals surface area contributed by atoms with Crippen molar-refractivity contribution in [3.8, 4) is 0 Å². The van der Waals surface area contributed by atoms with Gasteiger partial charge in [-0.3, -0.25) is 0 Å². The van der Waals surface area contributed by atoms with Crippen LogP contribution >= 0.6 is 0 Å². The van der Waals surface area contributed by atoms with Crippen LogP contribution in [-0.2, 0) is 14.3 Å². The van der Waals surface area contributed by atoms with Gasteiger partial charge in [0.05, 0.1) is 19.8 Å². The van der Waals surface area contributed by atoms with Gasteiger partial charge >= 0.3 is 5.97 Å². The molecule has 0 bridgehead atoms. The molecule has 0 aromatic rings. The number of carbonyl (C=O) groups is 1. The zero-order valence-electron chi connectivity index (χ0n) is 6.47. The highest BCUT2D eigenvalue weighted by atomic mass is 16.7. The van der Waals surface area contributed by atoms with Crippen LogP contribution in [0.4, 0.5) is 0 Å². The first-order chi connectivity index (χ1) is 5.72. The van der Waals surface area contributed by atoms with Crippen molar-refractivity contribution in [2.45, 2.75) is 6.29 Å². The van der Waals surface area contributed by atoms with Crippen molar-refractivity contribution in [2.24, 2.45) is 0 Å². The quantitative estimate of drug-likeness (QED) is 0.318. The van der Waals surface area contributed by atoms with Gasteiger partial charge in [0.15, 0.2) is 0 Å². The predicted molar refractivity (Wildman–Crippen MR) is 37.1 cm³/mol. The topological polar surface area (TPSA) is 96.2 Å². The monoisotopic (exact) mass is 180 g/mol. The van der Waals surface area contributed by atoms with Crippen LogP contribution in [-0.4, -0.2) is 54.0 Å². The molecular weight excluding hydrogens is 168 g/mol. The second kappa shape index (κ2) is 6.99. The molecule has 0 spiro atoms. The highest BCUT2D eigenvalue weighted by molar-refractivity contribution is 5.72. The molecule has 0 aliphatic rings. The van der Waals surface area contributed by atoms with Gasteiger partial charge < -0.3 is 24.8 Å². The molecule has 1 atom stereocenters. The number of ether oxygens (including phenoxy) is 2. The van der Waals surface area contributed by atoms with Crippen LogP contribution in [0.15, 0.2) is 0 Å². The summed E-state index contributed by atoms with van der Waals surface area (Å²) in [5, 5.41) is 25.3. The molecule has 0 aromatic heterocycles. The van der Waals surface area contributed by atoms with Crippen LogP contribution in [0.2, 0.25) is 0 Å².